The van der Waals surface area contributed by atoms with Gasteiger partial charge in [-0.2, -0.15) is 5.26 Å². The van der Waals surface area contributed by atoms with E-state index in [1.807, 2.05) is 24.3 Å². The highest BCUT2D eigenvalue weighted by Gasteiger charge is 2.21. The molecule has 0 spiro atoms. The summed E-state index contributed by atoms with van der Waals surface area (Å²) in [6, 6.07) is 7.87. The molecule has 0 fully saturated rings. The van der Waals surface area contributed by atoms with Crippen LogP contribution in [0, 0.1) is 11.3 Å². The van der Waals surface area contributed by atoms with Crippen molar-refractivity contribution in [1.29, 1.82) is 5.26 Å². The topological polar surface area (TPSA) is 44.1 Å². The summed E-state index contributed by atoms with van der Waals surface area (Å²) >= 11 is 0. The lowest BCUT2D eigenvalue weighted by Gasteiger charge is -2.14. The van der Waals surface area contributed by atoms with Crippen LogP contribution < -0.4 is 4.90 Å². The molecule has 1 aliphatic rings. The van der Waals surface area contributed by atoms with Crippen molar-refractivity contribution in [1.82, 2.24) is 0 Å². The maximum absolute atomic E-state index is 11.3. The molecule has 0 unspecified atom stereocenters. The molecule has 1 aromatic carbocycles. The Bertz CT molecular complexity index is 497. The van der Waals surface area contributed by atoms with Crippen molar-refractivity contribution < 1.29 is 4.79 Å². The Morgan fingerprint density at radius 1 is 1.56 bits per heavy atom. The van der Waals surface area contributed by atoms with E-state index in [4.69, 9.17) is 5.26 Å². The lowest BCUT2D eigenvalue weighted by atomic mass is 10.1. The maximum atomic E-state index is 11.3. The average Bonchev–Trinajstić information content (AvgIpc) is 2.69. The van der Waals surface area contributed by atoms with E-state index in [1.54, 1.807) is 17.9 Å². The van der Waals surface area contributed by atoms with Gasteiger partial charge in [0.15, 0.2) is 0 Å². The van der Waals surface area contributed by atoms with Crippen LogP contribution in [0.1, 0.15) is 18.1 Å². The number of nitriles is 1. The van der Waals surface area contributed by atoms with Crippen LogP contribution >= 0.6 is 0 Å². The van der Waals surface area contributed by atoms with Crippen molar-refractivity contribution >= 4 is 17.7 Å². The quantitative estimate of drug-likeness (QED) is 0.669. The van der Waals surface area contributed by atoms with Crippen molar-refractivity contribution in [3.8, 4) is 6.07 Å². The SMILES string of the molecule is CC(=O)N1CCc2cc(C=CC#N)ccc21. The number of rotatable bonds is 1. The third-order valence-corrected chi connectivity index (χ3v) is 2.73. The summed E-state index contributed by atoms with van der Waals surface area (Å²) in [6.45, 7) is 2.34. The number of allylic oxidation sites excluding steroid dienone is 1. The first-order valence-corrected chi connectivity index (χ1v) is 5.19. The number of carbonyl (C=O) groups excluding carboxylic acids is 1. The fraction of sp³-hybridized carbons (Fsp3) is 0.231. The van der Waals surface area contributed by atoms with Crippen LogP contribution in [0.4, 0.5) is 5.69 Å². The van der Waals surface area contributed by atoms with Crippen LogP contribution in [0.3, 0.4) is 0 Å². The molecular weight excluding hydrogens is 200 g/mol. The molecule has 0 aromatic heterocycles. The van der Waals surface area contributed by atoms with Crippen molar-refractivity contribution in [3.05, 3.63) is 35.4 Å². The highest BCUT2D eigenvalue weighted by molar-refractivity contribution is 5.93. The summed E-state index contributed by atoms with van der Waals surface area (Å²) in [4.78, 5) is 13.1. The Morgan fingerprint density at radius 2 is 2.38 bits per heavy atom. The zero-order valence-electron chi connectivity index (χ0n) is 9.10. The van der Waals surface area contributed by atoms with Crippen LogP contribution in [0.5, 0.6) is 0 Å². The molecule has 0 N–H and O–H groups in total. The predicted molar refractivity (Wildman–Crippen MR) is 62.8 cm³/mol. The van der Waals surface area contributed by atoms with E-state index in [2.05, 4.69) is 0 Å². The van der Waals surface area contributed by atoms with Crippen molar-refractivity contribution in [2.45, 2.75) is 13.3 Å². The summed E-state index contributed by atoms with van der Waals surface area (Å²) < 4.78 is 0. The number of hydrogen-bond donors (Lipinski definition) is 0. The summed E-state index contributed by atoms with van der Waals surface area (Å²) in [5.41, 5.74) is 3.18. The second-order valence-corrected chi connectivity index (χ2v) is 3.77. The molecule has 3 nitrogen and oxygen atoms in total. The fourth-order valence-electron chi connectivity index (χ4n) is 1.99. The van der Waals surface area contributed by atoms with Gasteiger partial charge in [-0.05, 0) is 35.8 Å². The Hall–Kier alpha value is -2.08. The van der Waals surface area contributed by atoms with Crippen LogP contribution in [0.15, 0.2) is 24.3 Å². The molecular formula is C13H12N2O. The van der Waals surface area contributed by atoms with Gasteiger partial charge < -0.3 is 4.90 Å². The molecule has 1 aromatic rings. The number of carbonyl (C=O) groups is 1. The highest BCUT2D eigenvalue weighted by Crippen LogP contribution is 2.29. The second kappa shape index (κ2) is 4.19. The van der Waals surface area contributed by atoms with Crippen molar-refractivity contribution in [3.63, 3.8) is 0 Å². The molecule has 0 saturated heterocycles. The maximum Gasteiger partial charge on any atom is 0.223 e. The summed E-state index contributed by atoms with van der Waals surface area (Å²) in [5, 5.41) is 8.45. The van der Waals surface area contributed by atoms with Gasteiger partial charge in [-0.1, -0.05) is 6.07 Å². The minimum absolute atomic E-state index is 0.0825. The van der Waals surface area contributed by atoms with Crippen LogP contribution in [-0.4, -0.2) is 12.5 Å². The Balaban J connectivity index is 2.33. The van der Waals surface area contributed by atoms with E-state index >= 15 is 0 Å². The average molecular weight is 212 g/mol. The van der Waals surface area contributed by atoms with E-state index < -0.39 is 0 Å². The fourth-order valence-corrected chi connectivity index (χ4v) is 1.99. The first kappa shape index (κ1) is 10.4. The van der Waals surface area contributed by atoms with Gasteiger partial charge in [0, 0.05) is 25.2 Å². The van der Waals surface area contributed by atoms with E-state index in [0.717, 1.165) is 24.2 Å². The van der Waals surface area contributed by atoms with Gasteiger partial charge in [-0.3, -0.25) is 4.79 Å². The van der Waals surface area contributed by atoms with Gasteiger partial charge in [0.2, 0.25) is 5.91 Å². The third kappa shape index (κ3) is 1.82. The molecule has 1 aliphatic heterocycles. The molecule has 0 radical (unpaired) electrons. The van der Waals surface area contributed by atoms with Crippen LogP contribution in [0.25, 0.3) is 6.08 Å². The number of fused-ring (bicyclic) bond motifs is 1. The van der Waals surface area contributed by atoms with Gasteiger partial charge in [0.1, 0.15) is 0 Å². The lowest BCUT2D eigenvalue weighted by Crippen LogP contribution is -2.25. The minimum atomic E-state index is 0.0825. The van der Waals surface area contributed by atoms with E-state index in [9.17, 15) is 4.79 Å². The molecule has 1 heterocycles. The standard InChI is InChI=1S/C13H12N2O/c1-10(16)15-8-6-12-9-11(3-2-7-14)4-5-13(12)15/h2-5,9H,6,8H2,1H3. The van der Waals surface area contributed by atoms with Crippen molar-refractivity contribution in [2.75, 3.05) is 11.4 Å². The smallest absolute Gasteiger partial charge is 0.223 e. The minimum Gasteiger partial charge on any atom is -0.312 e. The Labute approximate surface area is 94.6 Å². The van der Waals surface area contributed by atoms with Crippen LogP contribution in [0.2, 0.25) is 0 Å². The normalized spacial score (nSPS) is 13.9. The molecule has 16 heavy (non-hydrogen) atoms. The van der Waals surface area contributed by atoms with Gasteiger partial charge >= 0.3 is 0 Å². The van der Waals surface area contributed by atoms with Gasteiger partial charge in [-0.25, -0.2) is 0 Å². The monoisotopic (exact) mass is 212 g/mol. The molecule has 2 rings (SSSR count). The summed E-state index contributed by atoms with van der Waals surface area (Å²) in [5.74, 6) is 0.0825. The summed E-state index contributed by atoms with van der Waals surface area (Å²) in [6.07, 6.45) is 4.12. The van der Waals surface area contributed by atoms with E-state index in [1.165, 1.54) is 11.6 Å². The third-order valence-electron chi connectivity index (χ3n) is 2.73. The van der Waals surface area contributed by atoms with Gasteiger partial charge in [0.25, 0.3) is 0 Å². The number of anilines is 1. The predicted octanol–water partition coefficient (Wildman–Crippen LogP) is 2.13. The highest BCUT2D eigenvalue weighted by atomic mass is 16.2. The molecule has 0 aliphatic carbocycles. The number of benzene rings is 1. The Kier molecular flexibility index (Phi) is 2.74. The summed E-state index contributed by atoms with van der Waals surface area (Å²) in [7, 11) is 0. The van der Waals surface area contributed by atoms with Crippen molar-refractivity contribution in [2.24, 2.45) is 0 Å². The molecule has 0 saturated carbocycles. The molecule has 80 valence electrons. The molecule has 3 heteroatoms. The van der Waals surface area contributed by atoms with E-state index in [0.29, 0.717) is 0 Å². The molecule has 0 atom stereocenters. The van der Waals surface area contributed by atoms with Crippen LogP contribution in [-0.2, 0) is 11.2 Å². The zero-order valence-corrected chi connectivity index (χ0v) is 9.10. The first-order chi connectivity index (χ1) is 7.72. The lowest BCUT2D eigenvalue weighted by molar-refractivity contribution is -0.116. The largest absolute Gasteiger partial charge is 0.312 e. The number of hydrogen-bond acceptors (Lipinski definition) is 2. The zero-order chi connectivity index (χ0) is 11.5. The van der Waals surface area contributed by atoms with Gasteiger partial charge in [0.05, 0.1) is 6.07 Å². The second-order valence-electron chi connectivity index (χ2n) is 3.77. The molecule has 0 bridgehead atoms. The van der Waals surface area contributed by atoms with E-state index in [-0.39, 0.29) is 5.91 Å². The molecule has 1 amide bonds. The number of amides is 1. The number of nitrogens with zero attached hydrogens (tertiary/aromatic N) is 2. The van der Waals surface area contributed by atoms with Gasteiger partial charge in [-0.15, -0.1) is 0 Å². The Morgan fingerprint density at radius 3 is 3.06 bits per heavy atom. The first-order valence-electron chi connectivity index (χ1n) is 5.19.